The van der Waals surface area contributed by atoms with Gasteiger partial charge in [0.05, 0.1) is 5.69 Å². The zero-order chi connectivity index (χ0) is 13.2. The van der Waals surface area contributed by atoms with E-state index in [0.717, 1.165) is 27.5 Å². The summed E-state index contributed by atoms with van der Waals surface area (Å²) >= 11 is 1.54. The number of nitrogens with two attached hydrogens (primary N) is 1. The highest BCUT2D eigenvalue weighted by Gasteiger charge is 2.08. The van der Waals surface area contributed by atoms with E-state index in [4.69, 9.17) is 5.73 Å². The average molecular weight is 268 g/mol. The number of nitrogen functional groups attached to an aromatic ring is 1. The summed E-state index contributed by atoms with van der Waals surface area (Å²) in [7, 11) is 0. The number of nitrogens with zero attached hydrogens (tertiary/aromatic N) is 3. The average Bonchev–Trinajstić information content (AvgIpc) is 2.90. The molecule has 0 aliphatic rings. The molecule has 0 saturated carbocycles. The predicted octanol–water partition coefficient (Wildman–Crippen LogP) is 3.16. The van der Waals surface area contributed by atoms with Gasteiger partial charge in [-0.2, -0.15) is 0 Å². The van der Waals surface area contributed by atoms with Crippen molar-refractivity contribution >= 4 is 17.0 Å². The van der Waals surface area contributed by atoms with Crippen molar-refractivity contribution in [3.8, 4) is 22.1 Å². The van der Waals surface area contributed by atoms with Gasteiger partial charge in [-0.1, -0.05) is 12.1 Å². The number of hydrogen-bond donors (Lipinski definition) is 1. The highest BCUT2D eigenvalue weighted by atomic mass is 32.1. The topological polar surface area (TPSA) is 64.7 Å². The van der Waals surface area contributed by atoms with Crippen LogP contribution in [0.4, 0.5) is 5.69 Å². The molecule has 0 spiro atoms. The number of thiazole rings is 1. The monoisotopic (exact) mass is 268 g/mol. The molecule has 2 heterocycles. The van der Waals surface area contributed by atoms with E-state index in [1.54, 1.807) is 23.7 Å². The van der Waals surface area contributed by atoms with Crippen LogP contribution >= 0.6 is 11.3 Å². The lowest BCUT2D eigenvalue weighted by Crippen LogP contribution is -1.89. The Morgan fingerprint density at radius 1 is 1.05 bits per heavy atom. The van der Waals surface area contributed by atoms with Crippen LogP contribution in [-0.2, 0) is 0 Å². The van der Waals surface area contributed by atoms with Gasteiger partial charge < -0.3 is 5.73 Å². The van der Waals surface area contributed by atoms with Crippen LogP contribution < -0.4 is 5.73 Å². The molecule has 0 unspecified atom stereocenters. The normalized spacial score (nSPS) is 10.6. The Balaban J connectivity index is 1.95. The van der Waals surface area contributed by atoms with E-state index in [1.165, 1.54) is 0 Å². The third-order valence-electron chi connectivity index (χ3n) is 2.68. The molecular weight excluding hydrogens is 256 g/mol. The summed E-state index contributed by atoms with van der Waals surface area (Å²) in [4.78, 5) is 13.1. The van der Waals surface area contributed by atoms with E-state index in [1.807, 2.05) is 36.6 Å². The third-order valence-corrected chi connectivity index (χ3v) is 3.52. The summed E-state index contributed by atoms with van der Waals surface area (Å²) in [6.07, 6.45) is 3.60. The van der Waals surface area contributed by atoms with Crippen molar-refractivity contribution in [2.45, 2.75) is 6.92 Å². The third kappa shape index (κ3) is 2.46. The van der Waals surface area contributed by atoms with Gasteiger partial charge in [-0.25, -0.2) is 15.0 Å². The van der Waals surface area contributed by atoms with Crippen LogP contribution in [0.5, 0.6) is 0 Å². The Morgan fingerprint density at radius 3 is 2.42 bits per heavy atom. The summed E-state index contributed by atoms with van der Waals surface area (Å²) < 4.78 is 0. The quantitative estimate of drug-likeness (QED) is 0.725. The van der Waals surface area contributed by atoms with Gasteiger partial charge in [0.2, 0.25) is 0 Å². The number of rotatable bonds is 2. The van der Waals surface area contributed by atoms with E-state index in [-0.39, 0.29) is 0 Å². The Labute approximate surface area is 115 Å². The van der Waals surface area contributed by atoms with E-state index >= 15 is 0 Å². The Bertz CT molecular complexity index is 626. The summed E-state index contributed by atoms with van der Waals surface area (Å²) in [5.41, 5.74) is 9.43. The molecule has 1 aromatic carbocycles. The fourth-order valence-corrected chi connectivity index (χ4v) is 2.44. The zero-order valence-electron chi connectivity index (χ0n) is 10.4. The van der Waals surface area contributed by atoms with Crippen molar-refractivity contribution in [3.63, 3.8) is 0 Å². The van der Waals surface area contributed by atoms with Gasteiger partial charge >= 0.3 is 0 Å². The summed E-state index contributed by atoms with van der Waals surface area (Å²) in [6, 6.07) is 7.67. The second-order valence-corrected chi connectivity index (χ2v) is 5.10. The molecule has 0 aliphatic carbocycles. The molecule has 3 rings (SSSR count). The van der Waals surface area contributed by atoms with Gasteiger partial charge in [-0.15, -0.1) is 11.3 Å². The van der Waals surface area contributed by atoms with Crippen molar-refractivity contribution < 1.29 is 0 Å². The molecular formula is C14H12N4S. The molecule has 0 saturated heterocycles. The summed E-state index contributed by atoms with van der Waals surface area (Å²) in [5.74, 6) is 0.664. The molecule has 0 amide bonds. The number of benzene rings is 1. The highest BCUT2D eigenvalue weighted by molar-refractivity contribution is 7.13. The van der Waals surface area contributed by atoms with Crippen LogP contribution in [0.2, 0.25) is 0 Å². The largest absolute Gasteiger partial charge is 0.399 e. The van der Waals surface area contributed by atoms with E-state index in [0.29, 0.717) is 5.82 Å². The molecule has 0 radical (unpaired) electrons. The summed E-state index contributed by atoms with van der Waals surface area (Å²) in [5, 5.41) is 2.83. The van der Waals surface area contributed by atoms with E-state index < -0.39 is 0 Å². The van der Waals surface area contributed by atoms with Crippen LogP contribution in [0.1, 0.15) is 5.56 Å². The zero-order valence-corrected chi connectivity index (χ0v) is 11.2. The van der Waals surface area contributed by atoms with Crippen LogP contribution in [0, 0.1) is 6.92 Å². The molecule has 2 N–H and O–H groups in total. The lowest BCUT2D eigenvalue weighted by Gasteiger charge is -1.97. The van der Waals surface area contributed by atoms with Crippen molar-refractivity contribution in [1.29, 1.82) is 0 Å². The molecule has 5 heteroatoms. The second-order valence-electron chi connectivity index (χ2n) is 4.24. The smallest absolute Gasteiger partial charge is 0.188 e. The molecule has 2 aromatic heterocycles. The SMILES string of the molecule is Cc1cnc(-c2nc(-c3ccc(N)cc3)cs2)nc1. The standard InChI is InChI=1S/C14H12N4S/c1-9-6-16-13(17-7-9)14-18-12(8-19-14)10-2-4-11(15)5-3-10/h2-8H,15H2,1H3. The van der Waals surface area contributed by atoms with Gasteiger partial charge in [-0.05, 0) is 24.6 Å². The molecule has 19 heavy (non-hydrogen) atoms. The first kappa shape index (κ1) is 11.8. The Kier molecular flexibility index (Phi) is 2.97. The first-order valence-corrected chi connectivity index (χ1v) is 6.71. The maximum Gasteiger partial charge on any atom is 0.188 e. The summed E-state index contributed by atoms with van der Waals surface area (Å²) in [6.45, 7) is 1.96. The van der Waals surface area contributed by atoms with E-state index in [9.17, 15) is 0 Å². The van der Waals surface area contributed by atoms with Crippen molar-refractivity contribution in [2.24, 2.45) is 0 Å². The fraction of sp³-hybridized carbons (Fsp3) is 0.0714. The minimum absolute atomic E-state index is 0.664. The van der Waals surface area contributed by atoms with Crippen molar-refractivity contribution in [1.82, 2.24) is 15.0 Å². The predicted molar refractivity (Wildman–Crippen MR) is 77.7 cm³/mol. The molecule has 94 valence electrons. The molecule has 0 aliphatic heterocycles. The van der Waals surface area contributed by atoms with Crippen LogP contribution in [0.3, 0.4) is 0 Å². The number of anilines is 1. The Morgan fingerprint density at radius 2 is 1.74 bits per heavy atom. The van der Waals surface area contributed by atoms with Crippen LogP contribution in [-0.4, -0.2) is 15.0 Å². The highest BCUT2D eigenvalue weighted by Crippen LogP contribution is 2.27. The van der Waals surface area contributed by atoms with Gasteiger partial charge in [0.1, 0.15) is 0 Å². The first-order chi connectivity index (χ1) is 9.22. The maximum atomic E-state index is 5.68. The minimum atomic E-state index is 0.664. The van der Waals surface area contributed by atoms with Crippen molar-refractivity contribution in [3.05, 3.63) is 47.6 Å². The number of aryl methyl sites for hydroxylation is 1. The van der Waals surface area contributed by atoms with Gasteiger partial charge in [0.25, 0.3) is 0 Å². The van der Waals surface area contributed by atoms with Crippen LogP contribution in [0.25, 0.3) is 22.1 Å². The number of aromatic nitrogens is 3. The lowest BCUT2D eigenvalue weighted by atomic mass is 10.1. The van der Waals surface area contributed by atoms with Crippen molar-refractivity contribution in [2.75, 3.05) is 5.73 Å². The second kappa shape index (κ2) is 4.78. The fourth-order valence-electron chi connectivity index (χ4n) is 1.67. The van der Waals surface area contributed by atoms with Gasteiger partial charge in [0, 0.05) is 29.0 Å². The maximum absolute atomic E-state index is 5.68. The molecule has 0 fully saturated rings. The lowest BCUT2D eigenvalue weighted by molar-refractivity contribution is 1.13. The minimum Gasteiger partial charge on any atom is -0.399 e. The van der Waals surface area contributed by atoms with Gasteiger partial charge in [-0.3, -0.25) is 0 Å². The Hall–Kier alpha value is -2.27. The molecule has 0 bridgehead atoms. The molecule has 3 aromatic rings. The number of hydrogen-bond acceptors (Lipinski definition) is 5. The van der Waals surface area contributed by atoms with Gasteiger partial charge in [0.15, 0.2) is 10.8 Å². The molecule has 0 atom stereocenters. The first-order valence-electron chi connectivity index (χ1n) is 5.83. The van der Waals surface area contributed by atoms with E-state index in [2.05, 4.69) is 15.0 Å². The van der Waals surface area contributed by atoms with Crippen LogP contribution in [0.15, 0.2) is 42.0 Å². The molecule has 4 nitrogen and oxygen atoms in total.